The molecule has 1 heterocycles. The van der Waals surface area contributed by atoms with E-state index in [1.807, 2.05) is 30.5 Å². The molecule has 2 aromatic carbocycles. The summed E-state index contributed by atoms with van der Waals surface area (Å²) in [7, 11) is 0. The highest BCUT2D eigenvalue weighted by Crippen LogP contribution is 2.27. The van der Waals surface area contributed by atoms with Crippen LogP contribution >= 0.6 is 11.8 Å². The number of ether oxygens (including phenoxy) is 1. The molecule has 0 spiro atoms. The lowest BCUT2D eigenvalue weighted by Gasteiger charge is -2.16. The maximum absolute atomic E-state index is 12.4. The van der Waals surface area contributed by atoms with E-state index < -0.39 is 18.5 Å². The lowest BCUT2D eigenvalue weighted by Crippen LogP contribution is -2.27. The predicted molar refractivity (Wildman–Crippen MR) is 115 cm³/mol. The Kier molecular flexibility index (Phi) is 6.89. The summed E-state index contributed by atoms with van der Waals surface area (Å²) in [5.41, 5.74) is 1.68. The summed E-state index contributed by atoms with van der Waals surface area (Å²) in [4.78, 5) is 50.7. The first-order valence-electron chi connectivity index (χ1n) is 9.39. The Morgan fingerprint density at radius 1 is 1.10 bits per heavy atom. The number of ketones is 1. The van der Waals surface area contributed by atoms with Crippen LogP contribution in [0, 0.1) is 5.92 Å². The van der Waals surface area contributed by atoms with Crippen molar-refractivity contribution in [3.05, 3.63) is 54.1 Å². The van der Waals surface area contributed by atoms with E-state index in [4.69, 9.17) is 4.74 Å². The number of nitrogens with one attached hydrogen (secondary N) is 1. The summed E-state index contributed by atoms with van der Waals surface area (Å²) in [5, 5.41) is 2.61. The Balaban J connectivity index is 1.54. The van der Waals surface area contributed by atoms with E-state index in [2.05, 4.69) is 5.32 Å². The number of hydrogen-bond donors (Lipinski definition) is 1. The number of esters is 1. The van der Waals surface area contributed by atoms with Crippen molar-refractivity contribution in [2.24, 2.45) is 5.92 Å². The van der Waals surface area contributed by atoms with Crippen LogP contribution in [0.4, 0.5) is 11.4 Å². The Morgan fingerprint density at radius 3 is 2.37 bits per heavy atom. The summed E-state index contributed by atoms with van der Waals surface area (Å²) in [6.45, 7) is 1.23. The molecule has 2 aromatic rings. The molecule has 1 aliphatic heterocycles. The fourth-order valence-electron chi connectivity index (χ4n) is 3.16. The zero-order valence-electron chi connectivity index (χ0n) is 16.7. The van der Waals surface area contributed by atoms with Crippen molar-refractivity contribution in [3.63, 3.8) is 0 Å². The standard InChI is InChI=1S/C22H22N2O5S/c1-14(25)23-17-5-3-15(4-6-17)20(26)13-29-22(28)16-11-21(27)24(12-16)18-7-9-19(30-2)10-8-18/h3-10,16H,11-13H2,1-2H3,(H,23,25). The zero-order chi connectivity index (χ0) is 21.7. The summed E-state index contributed by atoms with van der Waals surface area (Å²) >= 11 is 1.61. The minimum atomic E-state index is -0.604. The minimum Gasteiger partial charge on any atom is -0.457 e. The van der Waals surface area contributed by atoms with Gasteiger partial charge in [-0.25, -0.2) is 0 Å². The molecule has 1 N–H and O–H groups in total. The van der Waals surface area contributed by atoms with E-state index in [0.29, 0.717) is 11.3 Å². The van der Waals surface area contributed by atoms with Gasteiger partial charge in [-0.05, 0) is 54.8 Å². The molecule has 0 aromatic heterocycles. The van der Waals surface area contributed by atoms with Crippen molar-refractivity contribution in [2.75, 3.05) is 29.6 Å². The molecular weight excluding hydrogens is 404 g/mol. The van der Waals surface area contributed by atoms with Gasteiger partial charge in [0.25, 0.3) is 0 Å². The summed E-state index contributed by atoms with van der Waals surface area (Å²) in [6, 6.07) is 13.9. The van der Waals surface area contributed by atoms with Gasteiger partial charge in [-0.1, -0.05) is 0 Å². The second-order valence-corrected chi connectivity index (χ2v) is 7.77. The van der Waals surface area contributed by atoms with Crippen molar-refractivity contribution in [2.45, 2.75) is 18.2 Å². The predicted octanol–water partition coefficient (Wildman–Crippen LogP) is 3.15. The van der Waals surface area contributed by atoms with E-state index in [-0.39, 0.29) is 30.6 Å². The van der Waals surface area contributed by atoms with Gasteiger partial charge in [0.2, 0.25) is 11.8 Å². The molecule has 1 fully saturated rings. The topological polar surface area (TPSA) is 92.8 Å². The van der Waals surface area contributed by atoms with Crippen LogP contribution in [-0.4, -0.2) is 43.0 Å². The molecule has 1 saturated heterocycles. The third-order valence-electron chi connectivity index (χ3n) is 4.72. The number of anilines is 2. The molecule has 1 aliphatic rings. The fraction of sp³-hybridized carbons (Fsp3) is 0.273. The highest BCUT2D eigenvalue weighted by Gasteiger charge is 2.36. The normalized spacial score (nSPS) is 15.7. The monoisotopic (exact) mass is 426 g/mol. The Bertz CT molecular complexity index is 956. The average molecular weight is 426 g/mol. The van der Waals surface area contributed by atoms with Crippen molar-refractivity contribution in [1.29, 1.82) is 0 Å². The Hall–Kier alpha value is -3.13. The van der Waals surface area contributed by atoms with Crippen LogP contribution in [0.5, 0.6) is 0 Å². The molecule has 1 atom stereocenters. The maximum atomic E-state index is 12.4. The number of hydrogen-bond acceptors (Lipinski definition) is 6. The minimum absolute atomic E-state index is 0.0582. The van der Waals surface area contributed by atoms with Crippen molar-refractivity contribution >= 4 is 46.7 Å². The van der Waals surface area contributed by atoms with E-state index in [1.54, 1.807) is 40.9 Å². The van der Waals surface area contributed by atoms with Crippen LogP contribution in [0.2, 0.25) is 0 Å². The largest absolute Gasteiger partial charge is 0.457 e. The van der Waals surface area contributed by atoms with Gasteiger partial charge in [0.1, 0.15) is 0 Å². The maximum Gasteiger partial charge on any atom is 0.311 e. The molecule has 0 saturated carbocycles. The average Bonchev–Trinajstić information content (AvgIpc) is 3.13. The van der Waals surface area contributed by atoms with Gasteiger partial charge in [-0.15, -0.1) is 11.8 Å². The number of nitrogens with zero attached hydrogens (tertiary/aromatic N) is 1. The second-order valence-electron chi connectivity index (χ2n) is 6.89. The van der Waals surface area contributed by atoms with E-state index >= 15 is 0 Å². The van der Waals surface area contributed by atoms with Crippen molar-refractivity contribution in [3.8, 4) is 0 Å². The molecule has 0 bridgehead atoms. The quantitative estimate of drug-likeness (QED) is 0.415. The molecular formula is C22H22N2O5S. The van der Waals surface area contributed by atoms with Crippen molar-refractivity contribution < 1.29 is 23.9 Å². The zero-order valence-corrected chi connectivity index (χ0v) is 17.5. The van der Waals surface area contributed by atoms with Gasteiger partial charge in [-0.2, -0.15) is 0 Å². The van der Waals surface area contributed by atoms with Crippen LogP contribution in [0.25, 0.3) is 0 Å². The lowest BCUT2D eigenvalue weighted by molar-refractivity contribution is -0.147. The molecule has 156 valence electrons. The first-order chi connectivity index (χ1) is 14.4. The van der Waals surface area contributed by atoms with E-state index in [0.717, 1.165) is 10.6 Å². The van der Waals surface area contributed by atoms with Gasteiger partial charge in [0.15, 0.2) is 12.4 Å². The fourth-order valence-corrected chi connectivity index (χ4v) is 3.57. The summed E-state index contributed by atoms with van der Waals surface area (Å²) < 4.78 is 5.17. The molecule has 1 unspecified atom stereocenters. The number of Topliss-reactive ketones (excluding diaryl/α,β-unsaturated/α-hetero) is 1. The second kappa shape index (κ2) is 9.58. The van der Waals surface area contributed by atoms with E-state index in [9.17, 15) is 19.2 Å². The highest BCUT2D eigenvalue weighted by molar-refractivity contribution is 7.98. The lowest BCUT2D eigenvalue weighted by atomic mass is 10.1. The van der Waals surface area contributed by atoms with Crippen LogP contribution in [0.15, 0.2) is 53.4 Å². The number of rotatable bonds is 7. The van der Waals surface area contributed by atoms with Crippen LogP contribution in [0.3, 0.4) is 0 Å². The van der Waals surface area contributed by atoms with Crippen molar-refractivity contribution in [1.82, 2.24) is 0 Å². The van der Waals surface area contributed by atoms with Crippen LogP contribution < -0.4 is 10.2 Å². The number of carbonyl (C=O) groups excluding carboxylic acids is 4. The number of benzene rings is 2. The van der Waals surface area contributed by atoms with E-state index in [1.165, 1.54) is 6.92 Å². The number of amides is 2. The van der Waals surface area contributed by atoms with Gasteiger partial charge in [-0.3, -0.25) is 19.2 Å². The van der Waals surface area contributed by atoms with Gasteiger partial charge < -0.3 is 15.0 Å². The molecule has 7 nitrogen and oxygen atoms in total. The SMILES string of the molecule is CSc1ccc(N2CC(C(=O)OCC(=O)c3ccc(NC(C)=O)cc3)CC2=O)cc1. The summed E-state index contributed by atoms with van der Waals surface area (Å²) in [6.07, 6.45) is 2.03. The number of carbonyl (C=O) groups is 4. The molecule has 2 amide bonds. The molecule has 0 aliphatic carbocycles. The number of thioether (sulfide) groups is 1. The smallest absolute Gasteiger partial charge is 0.311 e. The molecule has 30 heavy (non-hydrogen) atoms. The third-order valence-corrected chi connectivity index (χ3v) is 5.46. The molecule has 8 heteroatoms. The molecule has 3 rings (SSSR count). The first kappa shape index (κ1) is 21.6. The van der Waals surface area contributed by atoms with Gasteiger partial charge in [0.05, 0.1) is 5.92 Å². The van der Waals surface area contributed by atoms with Gasteiger partial charge >= 0.3 is 5.97 Å². The van der Waals surface area contributed by atoms with Gasteiger partial charge in [0, 0.05) is 41.7 Å². The third kappa shape index (κ3) is 5.27. The Morgan fingerprint density at radius 2 is 1.77 bits per heavy atom. The highest BCUT2D eigenvalue weighted by atomic mass is 32.2. The molecule has 0 radical (unpaired) electrons. The Labute approximate surface area is 178 Å². The van der Waals surface area contributed by atoms with Crippen LogP contribution in [-0.2, 0) is 19.1 Å². The first-order valence-corrected chi connectivity index (χ1v) is 10.6. The summed E-state index contributed by atoms with van der Waals surface area (Å²) in [5.74, 6) is -1.87. The van der Waals surface area contributed by atoms with Crippen LogP contribution in [0.1, 0.15) is 23.7 Å².